The van der Waals surface area contributed by atoms with Crippen LogP contribution in [0.25, 0.3) is 11.1 Å². The quantitative estimate of drug-likeness (QED) is 0.442. The minimum Gasteiger partial charge on any atom is -0.507 e. The Morgan fingerprint density at radius 1 is 1.06 bits per heavy atom. The molecule has 2 aromatic carbocycles. The fourth-order valence-electron chi connectivity index (χ4n) is 3.20. The second-order valence-electron chi connectivity index (χ2n) is 10.1. The van der Waals surface area contributed by atoms with Gasteiger partial charge in [-0.15, -0.1) is 0 Å². The number of sulfonamides is 1. The SMILES string of the molecule is CCNS(C)(=O)=O.Cc1c(F)cc(C(=O)NC2CC2)cc1-c1ccc(C(=O)NCC(C)(C)C)cc1O. The maximum atomic E-state index is 14.5. The molecule has 1 aliphatic carbocycles. The number of halogens is 1. The van der Waals surface area contributed by atoms with Crippen LogP contribution in [0.1, 0.15) is 66.8 Å². The molecule has 4 N–H and O–H groups in total. The van der Waals surface area contributed by atoms with Gasteiger partial charge in [0.15, 0.2) is 0 Å². The van der Waals surface area contributed by atoms with E-state index in [1.165, 1.54) is 12.1 Å². The average Bonchev–Trinajstić information content (AvgIpc) is 3.57. The predicted octanol–water partition coefficient (Wildman–Crippen LogP) is 3.73. The van der Waals surface area contributed by atoms with Gasteiger partial charge in [0.1, 0.15) is 11.6 Å². The van der Waals surface area contributed by atoms with Crippen LogP contribution < -0.4 is 15.4 Å². The van der Waals surface area contributed by atoms with Crippen LogP contribution in [-0.4, -0.2) is 50.7 Å². The summed E-state index contributed by atoms with van der Waals surface area (Å²) in [6.07, 6.45) is 3.01. The molecule has 2 amide bonds. The minimum atomic E-state index is -2.92. The van der Waals surface area contributed by atoms with Crippen LogP contribution in [-0.2, 0) is 10.0 Å². The van der Waals surface area contributed by atoms with Gasteiger partial charge in [-0.25, -0.2) is 17.5 Å². The maximum absolute atomic E-state index is 14.5. The lowest BCUT2D eigenvalue weighted by atomic mass is 9.95. The molecule has 1 fully saturated rings. The summed E-state index contributed by atoms with van der Waals surface area (Å²) < 4.78 is 37.0. The van der Waals surface area contributed by atoms with Gasteiger partial charge in [0.05, 0.1) is 6.26 Å². The van der Waals surface area contributed by atoms with Crippen LogP contribution >= 0.6 is 0 Å². The van der Waals surface area contributed by atoms with Crippen LogP contribution in [0.3, 0.4) is 0 Å². The average molecular weight is 522 g/mol. The Kier molecular flexibility index (Phi) is 9.62. The lowest BCUT2D eigenvalue weighted by Crippen LogP contribution is -2.32. The molecule has 0 bridgehead atoms. The molecular weight excluding hydrogens is 485 g/mol. The molecule has 0 atom stereocenters. The molecule has 10 heteroatoms. The zero-order chi connectivity index (χ0) is 27.3. The minimum absolute atomic E-state index is 0.0617. The third kappa shape index (κ3) is 9.23. The van der Waals surface area contributed by atoms with Gasteiger partial charge in [-0.3, -0.25) is 9.59 Å². The first-order chi connectivity index (χ1) is 16.6. The highest BCUT2D eigenvalue weighted by molar-refractivity contribution is 7.88. The first-order valence-corrected chi connectivity index (χ1v) is 13.7. The molecule has 36 heavy (non-hydrogen) atoms. The van der Waals surface area contributed by atoms with E-state index in [1.54, 1.807) is 32.0 Å². The standard InChI is InChI=1S/C23H27FN2O3.C3H9NO2S/c1-13-18(9-15(10-19(13)24)22(29)26-16-6-7-16)17-8-5-14(11-20(17)27)21(28)25-12-23(2,3)4;1-3-4-7(2,5)6/h5,8-11,16,27H,6-7,12H2,1-4H3,(H,25,28)(H,26,29);4H,3H2,1-2H3. The monoisotopic (exact) mass is 521 g/mol. The van der Waals surface area contributed by atoms with E-state index in [0.29, 0.717) is 35.3 Å². The Morgan fingerprint density at radius 2 is 1.69 bits per heavy atom. The van der Waals surface area contributed by atoms with Gasteiger partial charge in [0.2, 0.25) is 10.0 Å². The molecule has 0 saturated heterocycles. The number of aromatic hydroxyl groups is 1. The molecule has 0 unspecified atom stereocenters. The number of carbonyl (C=O) groups is 2. The summed E-state index contributed by atoms with van der Waals surface area (Å²) in [4.78, 5) is 24.7. The molecule has 0 aliphatic heterocycles. The second-order valence-corrected chi connectivity index (χ2v) is 12.0. The molecular formula is C26H36FN3O5S. The van der Waals surface area contributed by atoms with E-state index in [-0.39, 0.29) is 34.6 Å². The summed E-state index contributed by atoms with van der Waals surface area (Å²) in [5, 5.41) is 16.2. The number of phenols is 1. The van der Waals surface area contributed by atoms with Crippen molar-refractivity contribution in [1.82, 2.24) is 15.4 Å². The van der Waals surface area contributed by atoms with E-state index in [4.69, 9.17) is 0 Å². The summed E-state index contributed by atoms with van der Waals surface area (Å²) in [5.41, 5.74) is 1.58. The second kappa shape index (κ2) is 11.8. The highest BCUT2D eigenvalue weighted by Gasteiger charge is 2.25. The number of phenolic OH excluding ortho intramolecular Hbond substituents is 1. The van der Waals surface area contributed by atoms with E-state index in [0.717, 1.165) is 19.1 Å². The largest absolute Gasteiger partial charge is 0.507 e. The molecule has 198 valence electrons. The highest BCUT2D eigenvalue weighted by atomic mass is 32.2. The number of hydrogen-bond donors (Lipinski definition) is 4. The molecule has 8 nitrogen and oxygen atoms in total. The maximum Gasteiger partial charge on any atom is 0.251 e. The van der Waals surface area contributed by atoms with Gasteiger partial charge in [0.25, 0.3) is 11.8 Å². The molecule has 0 radical (unpaired) electrons. The summed E-state index contributed by atoms with van der Waals surface area (Å²) in [6, 6.07) is 7.47. The van der Waals surface area contributed by atoms with Crippen LogP contribution in [0.2, 0.25) is 0 Å². The van der Waals surface area contributed by atoms with E-state index in [1.807, 2.05) is 20.8 Å². The lowest BCUT2D eigenvalue weighted by molar-refractivity contribution is 0.0935. The van der Waals surface area contributed by atoms with Gasteiger partial charge in [-0.2, -0.15) is 0 Å². The molecule has 1 saturated carbocycles. The molecule has 0 heterocycles. The van der Waals surface area contributed by atoms with E-state index < -0.39 is 15.8 Å². The zero-order valence-corrected chi connectivity index (χ0v) is 22.5. The summed E-state index contributed by atoms with van der Waals surface area (Å²) in [7, 11) is -2.92. The third-order valence-electron chi connectivity index (χ3n) is 5.25. The summed E-state index contributed by atoms with van der Waals surface area (Å²) >= 11 is 0. The molecule has 1 aliphatic rings. The van der Waals surface area contributed by atoms with E-state index in [9.17, 15) is 27.5 Å². The molecule has 2 aromatic rings. The fourth-order valence-corrected chi connectivity index (χ4v) is 3.72. The topological polar surface area (TPSA) is 125 Å². The third-order valence-corrected chi connectivity index (χ3v) is 6.07. The normalized spacial score (nSPS) is 13.4. The molecule has 0 aromatic heterocycles. The summed E-state index contributed by atoms with van der Waals surface area (Å²) in [5.74, 6) is -1.28. The number of nitrogens with one attached hydrogen (secondary N) is 3. The van der Waals surface area contributed by atoms with Gasteiger partial charge in [-0.1, -0.05) is 27.7 Å². The van der Waals surface area contributed by atoms with E-state index in [2.05, 4.69) is 15.4 Å². The van der Waals surface area contributed by atoms with Crippen molar-refractivity contribution in [2.24, 2.45) is 5.41 Å². The fraction of sp³-hybridized carbons (Fsp3) is 0.462. The van der Waals surface area contributed by atoms with Gasteiger partial charge in [0, 0.05) is 35.8 Å². The number of carbonyl (C=O) groups excluding carboxylic acids is 2. The Bertz CT molecular complexity index is 1220. The highest BCUT2D eigenvalue weighted by Crippen LogP contribution is 2.34. The van der Waals surface area contributed by atoms with Crippen LogP contribution in [0, 0.1) is 18.2 Å². The summed E-state index contributed by atoms with van der Waals surface area (Å²) in [6.45, 7) is 10.3. The first-order valence-electron chi connectivity index (χ1n) is 11.8. The van der Waals surface area contributed by atoms with Crippen LogP contribution in [0.15, 0.2) is 30.3 Å². The Balaban J connectivity index is 0.000000572. The number of hydrogen-bond acceptors (Lipinski definition) is 5. The van der Waals surface area contributed by atoms with Crippen molar-refractivity contribution in [2.75, 3.05) is 19.3 Å². The van der Waals surface area contributed by atoms with Crippen molar-refractivity contribution >= 4 is 21.8 Å². The number of rotatable bonds is 7. The smallest absolute Gasteiger partial charge is 0.251 e. The van der Waals surface area contributed by atoms with Crippen molar-refractivity contribution < 1.29 is 27.5 Å². The van der Waals surface area contributed by atoms with Gasteiger partial charge in [-0.05, 0) is 66.6 Å². The first kappa shape index (κ1) is 29.3. The molecule has 3 rings (SSSR count). The Labute approximate surface area is 212 Å². The van der Waals surface area contributed by atoms with Gasteiger partial charge < -0.3 is 15.7 Å². The number of amides is 2. The predicted molar refractivity (Wildman–Crippen MR) is 139 cm³/mol. The Morgan fingerprint density at radius 3 is 2.17 bits per heavy atom. The number of benzene rings is 2. The van der Waals surface area contributed by atoms with Gasteiger partial charge >= 0.3 is 0 Å². The van der Waals surface area contributed by atoms with Crippen molar-refractivity contribution in [3.05, 3.63) is 52.8 Å². The van der Waals surface area contributed by atoms with Crippen molar-refractivity contribution in [1.29, 1.82) is 0 Å². The van der Waals surface area contributed by atoms with Crippen molar-refractivity contribution in [2.45, 2.75) is 53.5 Å². The van der Waals surface area contributed by atoms with Crippen LogP contribution in [0.5, 0.6) is 5.75 Å². The molecule has 0 spiro atoms. The Hall–Kier alpha value is -2.98. The van der Waals surface area contributed by atoms with E-state index >= 15 is 0 Å². The van der Waals surface area contributed by atoms with Crippen molar-refractivity contribution in [3.63, 3.8) is 0 Å². The van der Waals surface area contributed by atoms with Crippen molar-refractivity contribution in [3.8, 4) is 16.9 Å². The van der Waals surface area contributed by atoms with Crippen LogP contribution in [0.4, 0.5) is 4.39 Å². The lowest BCUT2D eigenvalue weighted by Gasteiger charge is -2.19. The zero-order valence-electron chi connectivity index (χ0n) is 21.7.